The van der Waals surface area contributed by atoms with Crippen molar-refractivity contribution in [3.63, 3.8) is 0 Å². The van der Waals surface area contributed by atoms with Crippen molar-refractivity contribution in [3.05, 3.63) is 59.2 Å². The van der Waals surface area contributed by atoms with Crippen molar-refractivity contribution < 1.29 is 9.52 Å². The molecule has 1 aromatic carbocycles. The lowest BCUT2D eigenvalue weighted by molar-refractivity contribution is 0.113. The summed E-state index contributed by atoms with van der Waals surface area (Å²) in [6, 6.07) is 14.0. The summed E-state index contributed by atoms with van der Waals surface area (Å²) in [4.78, 5) is 11.0. The number of piperazine rings is 1. The van der Waals surface area contributed by atoms with E-state index in [0.717, 1.165) is 37.6 Å². The molecule has 0 unspecified atom stereocenters. The molecule has 4 aromatic rings. The van der Waals surface area contributed by atoms with Crippen molar-refractivity contribution in [3.8, 4) is 17.5 Å². The molecular formula is C21H23N5O2S. The van der Waals surface area contributed by atoms with Crippen LogP contribution in [0.4, 0.5) is 0 Å². The molecule has 29 heavy (non-hydrogen) atoms. The summed E-state index contributed by atoms with van der Waals surface area (Å²) in [5, 5.41) is 15.5. The van der Waals surface area contributed by atoms with Crippen LogP contribution in [0.15, 0.2) is 53.1 Å². The molecule has 1 aliphatic rings. The average molecular weight is 410 g/mol. The highest BCUT2D eigenvalue weighted by atomic mass is 32.1. The van der Waals surface area contributed by atoms with Crippen LogP contribution in [0.1, 0.15) is 23.4 Å². The Hall–Kier alpha value is -2.68. The molecule has 0 saturated carbocycles. The van der Waals surface area contributed by atoms with Gasteiger partial charge >= 0.3 is 0 Å². The Balaban J connectivity index is 1.54. The van der Waals surface area contributed by atoms with Crippen molar-refractivity contribution >= 4 is 16.3 Å². The first kappa shape index (κ1) is 18.4. The molecule has 0 amide bonds. The van der Waals surface area contributed by atoms with Crippen LogP contribution in [0, 0.1) is 0 Å². The number of hydrogen-bond donors (Lipinski definition) is 1. The minimum atomic E-state index is -0.0178. The predicted molar refractivity (Wildman–Crippen MR) is 112 cm³/mol. The molecule has 150 valence electrons. The Morgan fingerprint density at radius 3 is 2.55 bits per heavy atom. The Kier molecular flexibility index (Phi) is 4.83. The fourth-order valence-electron chi connectivity index (χ4n) is 3.94. The monoisotopic (exact) mass is 409 g/mol. The Bertz CT molecular complexity index is 1080. The van der Waals surface area contributed by atoms with E-state index >= 15 is 0 Å². The number of aromatic hydroxyl groups is 1. The van der Waals surface area contributed by atoms with Crippen LogP contribution in [0.2, 0.25) is 0 Å². The number of rotatable bonds is 5. The average Bonchev–Trinajstić information content (AvgIpc) is 3.49. The Morgan fingerprint density at radius 1 is 1.10 bits per heavy atom. The van der Waals surface area contributed by atoms with E-state index < -0.39 is 0 Å². The van der Waals surface area contributed by atoms with Gasteiger partial charge in [-0.05, 0) is 24.2 Å². The summed E-state index contributed by atoms with van der Waals surface area (Å²) < 4.78 is 6.92. The molecule has 7 nitrogen and oxygen atoms in total. The summed E-state index contributed by atoms with van der Waals surface area (Å²) in [6.45, 7) is 7.25. The fraction of sp³-hybridized carbons (Fsp3) is 0.333. The van der Waals surface area contributed by atoms with E-state index in [-0.39, 0.29) is 11.9 Å². The third-order valence-electron chi connectivity index (χ3n) is 5.52. The number of fused-ring (bicyclic) bond motifs is 1. The molecule has 3 aromatic heterocycles. The Morgan fingerprint density at radius 2 is 1.90 bits per heavy atom. The highest BCUT2D eigenvalue weighted by molar-refractivity contribution is 7.17. The van der Waals surface area contributed by atoms with Gasteiger partial charge in [0.05, 0.1) is 17.2 Å². The number of benzene rings is 1. The number of nitrogens with zero attached hydrogens (tertiary/aromatic N) is 5. The van der Waals surface area contributed by atoms with Gasteiger partial charge in [0.25, 0.3) is 0 Å². The van der Waals surface area contributed by atoms with Crippen molar-refractivity contribution in [2.45, 2.75) is 13.0 Å². The summed E-state index contributed by atoms with van der Waals surface area (Å²) in [7, 11) is 0. The normalized spacial score (nSPS) is 17.1. The number of aromatic nitrogens is 3. The highest BCUT2D eigenvalue weighted by Gasteiger charge is 2.31. The van der Waals surface area contributed by atoms with Crippen LogP contribution in [-0.2, 0) is 0 Å². The van der Waals surface area contributed by atoms with Gasteiger partial charge in [0, 0.05) is 26.2 Å². The van der Waals surface area contributed by atoms with E-state index in [2.05, 4.69) is 38.9 Å². The van der Waals surface area contributed by atoms with Crippen LogP contribution in [0.5, 0.6) is 5.88 Å². The molecule has 4 heterocycles. The minimum Gasteiger partial charge on any atom is -0.492 e. The maximum Gasteiger partial charge on any atom is 0.230 e. The summed E-state index contributed by atoms with van der Waals surface area (Å²) in [5.74, 6) is 1.23. The number of hydrogen-bond acceptors (Lipinski definition) is 7. The van der Waals surface area contributed by atoms with Gasteiger partial charge in [0.1, 0.15) is 0 Å². The van der Waals surface area contributed by atoms with Crippen LogP contribution in [-0.4, -0.2) is 62.2 Å². The van der Waals surface area contributed by atoms with E-state index in [1.165, 1.54) is 21.4 Å². The molecule has 0 radical (unpaired) electrons. The van der Waals surface area contributed by atoms with E-state index in [4.69, 9.17) is 4.42 Å². The van der Waals surface area contributed by atoms with E-state index in [1.807, 2.05) is 24.3 Å². The van der Waals surface area contributed by atoms with Gasteiger partial charge in [-0.2, -0.15) is 9.50 Å². The molecule has 1 fully saturated rings. The molecule has 1 aliphatic heterocycles. The van der Waals surface area contributed by atoms with E-state index in [9.17, 15) is 5.11 Å². The molecule has 0 bridgehead atoms. The first-order chi connectivity index (χ1) is 14.2. The van der Waals surface area contributed by atoms with Crippen LogP contribution in [0.3, 0.4) is 0 Å². The van der Waals surface area contributed by atoms with Gasteiger partial charge in [-0.1, -0.05) is 48.6 Å². The standard InChI is InChI=1S/C21H23N5O2S/c1-2-24-10-12-25(13-11-24)17(15-7-4-3-5-8-15)18-20(27)26-21(29-18)22-19(23-26)16-9-6-14-28-16/h3-9,14,17,27H,2,10-13H2,1H3/t17-/m0/s1. The number of likely N-dealkylation sites (N-methyl/N-ethyl adjacent to an activating group) is 1. The second kappa shape index (κ2) is 7.62. The lowest BCUT2D eigenvalue weighted by Gasteiger charge is -2.38. The van der Waals surface area contributed by atoms with Gasteiger partial charge in [0.15, 0.2) is 5.76 Å². The molecular weight excluding hydrogens is 386 g/mol. The predicted octanol–water partition coefficient (Wildman–Crippen LogP) is 3.48. The summed E-state index contributed by atoms with van der Waals surface area (Å²) in [5.41, 5.74) is 1.17. The maximum atomic E-state index is 11.1. The third-order valence-corrected chi connectivity index (χ3v) is 6.60. The van der Waals surface area contributed by atoms with Crippen molar-refractivity contribution in [2.24, 2.45) is 0 Å². The van der Waals surface area contributed by atoms with Gasteiger partial charge in [-0.15, -0.1) is 5.10 Å². The molecule has 1 N–H and O–H groups in total. The smallest absolute Gasteiger partial charge is 0.230 e. The zero-order valence-corrected chi connectivity index (χ0v) is 17.0. The SMILES string of the molecule is CCN1CCN([C@@H](c2ccccc2)c2sc3nc(-c4ccco4)nn3c2O)CC1. The van der Waals surface area contributed by atoms with E-state index in [0.29, 0.717) is 16.5 Å². The zero-order valence-electron chi connectivity index (χ0n) is 16.2. The first-order valence-electron chi connectivity index (χ1n) is 9.88. The zero-order chi connectivity index (χ0) is 19.8. The number of thiazole rings is 1. The quantitative estimate of drug-likeness (QED) is 0.544. The van der Waals surface area contributed by atoms with Gasteiger partial charge in [-0.25, -0.2) is 0 Å². The molecule has 1 saturated heterocycles. The van der Waals surface area contributed by atoms with Crippen molar-refractivity contribution in [1.29, 1.82) is 0 Å². The van der Waals surface area contributed by atoms with Crippen LogP contribution >= 0.6 is 11.3 Å². The van der Waals surface area contributed by atoms with Gasteiger partial charge in [0.2, 0.25) is 16.7 Å². The van der Waals surface area contributed by atoms with Crippen molar-refractivity contribution in [2.75, 3.05) is 32.7 Å². The third kappa shape index (κ3) is 3.33. The maximum absolute atomic E-state index is 11.1. The van der Waals surface area contributed by atoms with Gasteiger partial charge < -0.3 is 14.4 Å². The lowest BCUT2D eigenvalue weighted by atomic mass is 10.0. The largest absolute Gasteiger partial charge is 0.492 e. The minimum absolute atomic E-state index is 0.0178. The van der Waals surface area contributed by atoms with Crippen LogP contribution in [0.25, 0.3) is 16.5 Å². The Labute approximate surface area is 172 Å². The topological polar surface area (TPSA) is 70.0 Å². The second-order valence-electron chi connectivity index (χ2n) is 7.18. The lowest BCUT2D eigenvalue weighted by Crippen LogP contribution is -2.47. The second-order valence-corrected chi connectivity index (χ2v) is 8.19. The fourth-order valence-corrected chi connectivity index (χ4v) is 5.06. The highest BCUT2D eigenvalue weighted by Crippen LogP contribution is 2.40. The molecule has 5 rings (SSSR count). The van der Waals surface area contributed by atoms with Gasteiger partial charge in [-0.3, -0.25) is 4.90 Å². The first-order valence-corrected chi connectivity index (χ1v) is 10.7. The number of furan rings is 1. The summed E-state index contributed by atoms with van der Waals surface area (Å²) in [6.07, 6.45) is 1.59. The molecule has 8 heteroatoms. The molecule has 1 atom stereocenters. The van der Waals surface area contributed by atoms with Crippen LogP contribution < -0.4 is 0 Å². The summed E-state index contributed by atoms with van der Waals surface area (Å²) >= 11 is 1.49. The van der Waals surface area contributed by atoms with Crippen molar-refractivity contribution in [1.82, 2.24) is 24.4 Å². The van der Waals surface area contributed by atoms with E-state index in [1.54, 1.807) is 12.3 Å². The molecule has 0 spiro atoms. The molecule has 0 aliphatic carbocycles.